The maximum absolute atomic E-state index is 6.81. The molecule has 0 saturated heterocycles. The predicted molar refractivity (Wildman–Crippen MR) is 229 cm³/mol. The topological polar surface area (TPSA) is 29.5 Å². The lowest BCUT2D eigenvalue weighted by Crippen LogP contribution is -2.13. The van der Waals surface area contributed by atoms with Gasteiger partial charge >= 0.3 is 0 Å². The zero-order valence-electron chi connectivity index (χ0n) is 29.8. The van der Waals surface area contributed by atoms with Crippen LogP contribution in [-0.2, 0) is 0 Å². The maximum atomic E-state index is 6.81. The number of furan rings is 2. The van der Waals surface area contributed by atoms with Crippen LogP contribution in [0, 0.1) is 0 Å². The summed E-state index contributed by atoms with van der Waals surface area (Å²) in [6.07, 6.45) is 0. The summed E-state index contributed by atoms with van der Waals surface area (Å²) in [6, 6.07) is 71.0. The quantitative estimate of drug-likeness (QED) is 0.173. The van der Waals surface area contributed by atoms with Crippen molar-refractivity contribution >= 4 is 71.7 Å². The largest absolute Gasteiger partial charge is 0.455 e. The van der Waals surface area contributed by atoms with Crippen molar-refractivity contribution in [2.24, 2.45) is 0 Å². The van der Waals surface area contributed by atoms with Gasteiger partial charge in [0.05, 0.1) is 17.1 Å². The monoisotopic (exact) mass is 703 g/mol. The minimum atomic E-state index is 0.829. The number of hydrogen-bond donors (Lipinski definition) is 0. The van der Waals surface area contributed by atoms with Crippen molar-refractivity contribution in [3.8, 4) is 33.4 Å². The highest BCUT2D eigenvalue weighted by atomic mass is 16.3. The second-order valence-electron chi connectivity index (χ2n) is 14.0. The lowest BCUT2D eigenvalue weighted by atomic mass is 9.94. The number of para-hydroxylation sites is 5. The zero-order chi connectivity index (χ0) is 36.3. The normalized spacial score (nSPS) is 11.6. The average molecular weight is 704 g/mol. The first-order chi connectivity index (χ1) is 27.3. The number of benzene rings is 9. The number of fused-ring (bicyclic) bond motifs is 7. The van der Waals surface area contributed by atoms with E-state index in [1.54, 1.807) is 0 Å². The van der Waals surface area contributed by atoms with Gasteiger partial charge in [-0.2, -0.15) is 0 Å². The van der Waals surface area contributed by atoms with Gasteiger partial charge in [-0.25, -0.2) is 0 Å². The molecule has 2 heterocycles. The van der Waals surface area contributed by atoms with Gasteiger partial charge in [-0.05, 0) is 63.9 Å². The lowest BCUT2D eigenvalue weighted by Gasteiger charge is -2.30. The molecule has 0 spiro atoms. The second-order valence-corrected chi connectivity index (χ2v) is 14.0. The van der Waals surface area contributed by atoms with Gasteiger partial charge in [0.2, 0.25) is 0 Å². The molecule has 0 fully saturated rings. The van der Waals surface area contributed by atoms with Crippen molar-refractivity contribution in [2.75, 3.05) is 4.90 Å². The minimum absolute atomic E-state index is 0.829. The van der Waals surface area contributed by atoms with E-state index in [1.165, 1.54) is 10.8 Å². The van der Waals surface area contributed by atoms with Crippen molar-refractivity contribution in [3.05, 3.63) is 200 Å². The number of rotatable bonds is 6. The molecule has 55 heavy (non-hydrogen) atoms. The van der Waals surface area contributed by atoms with Crippen LogP contribution in [0.2, 0.25) is 0 Å². The fourth-order valence-corrected chi connectivity index (χ4v) is 8.28. The summed E-state index contributed by atoms with van der Waals surface area (Å²) in [5.74, 6) is 0. The van der Waals surface area contributed by atoms with Crippen molar-refractivity contribution in [1.29, 1.82) is 0 Å². The molecule has 0 bridgehead atoms. The fraction of sp³-hybridized carbons (Fsp3) is 0. The third kappa shape index (κ3) is 5.13. The summed E-state index contributed by atoms with van der Waals surface area (Å²) in [4.78, 5) is 2.40. The predicted octanol–water partition coefficient (Wildman–Crippen LogP) is 15.1. The third-order valence-electron chi connectivity index (χ3n) is 10.9. The van der Waals surface area contributed by atoms with E-state index in [1.807, 2.05) is 18.2 Å². The van der Waals surface area contributed by atoms with Crippen LogP contribution in [0.1, 0.15) is 0 Å². The Kier molecular flexibility index (Phi) is 7.17. The van der Waals surface area contributed by atoms with Crippen LogP contribution in [0.25, 0.3) is 88.0 Å². The molecule has 0 aliphatic rings. The van der Waals surface area contributed by atoms with Gasteiger partial charge in [-0.15, -0.1) is 0 Å². The average Bonchev–Trinajstić information content (AvgIpc) is 3.83. The molecule has 0 aliphatic heterocycles. The Balaban J connectivity index is 1.24. The van der Waals surface area contributed by atoms with Crippen LogP contribution in [0.3, 0.4) is 0 Å². The Labute approximate surface area is 317 Å². The molecular weight excluding hydrogens is 671 g/mol. The molecule has 9 aromatic carbocycles. The summed E-state index contributed by atoms with van der Waals surface area (Å²) in [5, 5.41) is 6.79. The smallest absolute Gasteiger partial charge is 0.159 e. The van der Waals surface area contributed by atoms with Crippen LogP contribution in [0.4, 0.5) is 17.1 Å². The Morgan fingerprint density at radius 3 is 1.67 bits per heavy atom. The number of hydrogen-bond acceptors (Lipinski definition) is 3. The molecule has 0 amide bonds. The second kappa shape index (κ2) is 12.6. The highest BCUT2D eigenvalue weighted by molar-refractivity contribution is 6.13. The molecule has 258 valence electrons. The Hall–Kier alpha value is -7.36. The Bertz CT molecular complexity index is 3220. The van der Waals surface area contributed by atoms with Gasteiger partial charge in [0, 0.05) is 38.2 Å². The summed E-state index contributed by atoms with van der Waals surface area (Å²) in [7, 11) is 0. The van der Waals surface area contributed by atoms with E-state index < -0.39 is 0 Å². The molecule has 0 atom stereocenters. The van der Waals surface area contributed by atoms with E-state index >= 15 is 0 Å². The third-order valence-corrected chi connectivity index (χ3v) is 10.9. The van der Waals surface area contributed by atoms with Crippen LogP contribution in [-0.4, -0.2) is 0 Å². The summed E-state index contributed by atoms with van der Waals surface area (Å²) in [5.41, 5.74) is 13.0. The highest BCUT2D eigenvalue weighted by Crippen LogP contribution is 2.50. The molecule has 0 aliphatic carbocycles. The Morgan fingerprint density at radius 2 is 0.855 bits per heavy atom. The molecule has 11 aromatic rings. The van der Waals surface area contributed by atoms with Crippen LogP contribution in [0.5, 0.6) is 0 Å². The Morgan fingerprint density at radius 1 is 0.291 bits per heavy atom. The molecule has 3 heteroatoms. The summed E-state index contributed by atoms with van der Waals surface area (Å²) >= 11 is 0. The molecule has 3 nitrogen and oxygen atoms in total. The van der Waals surface area contributed by atoms with Crippen molar-refractivity contribution in [1.82, 2.24) is 0 Å². The standard InChI is InChI=1S/C52H33NO2/c1-2-15-35(16-3-1)39-31-30-38(37-29-28-34-14-4-5-17-36(34)32-37)33-48(39)53(47-25-13-23-45-42-20-8-11-27-50(42)55-52(45)47)46-24-9-6-18-40(46)43-21-12-22-44-41-19-7-10-26-49(41)54-51(43)44/h1-33H. The van der Waals surface area contributed by atoms with Crippen LogP contribution >= 0.6 is 0 Å². The van der Waals surface area contributed by atoms with E-state index in [9.17, 15) is 0 Å². The van der Waals surface area contributed by atoms with Gasteiger partial charge in [-0.1, -0.05) is 164 Å². The molecule has 0 saturated carbocycles. The SMILES string of the molecule is c1ccc(-c2ccc(-c3ccc4ccccc4c3)cc2N(c2ccccc2-c2cccc3c2oc2ccccc23)c2cccc3c2oc2ccccc23)cc1. The fourth-order valence-electron chi connectivity index (χ4n) is 8.28. The summed E-state index contributed by atoms with van der Waals surface area (Å²) < 4.78 is 13.5. The number of nitrogens with zero attached hydrogens (tertiary/aromatic N) is 1. The number of anilines is 3. The molecule has 0 unspecified atom stereocenters. The molecular formula is C52H33NO2. The molecule has 2 aromatic heterocycles. The maximum Gasteiger partial charge on any atom is 0.159 e. The van der Waals surface area contributed by atoms with E-state index in [-0.39, 0.29) is 0 Å². The summed E-state index contributed by atoms with van der Waals surface area (Å²) in [6.45, 7) is 0. The molecule has 0 N–H and O–H groups in total. The molecule has 11 rings (SSSR count). The first kappa shape index (κ1) is 31.2. The van der Waals surface area contributed by atoms with E-state index in [2.05, 4.69) is 187 Å². The first-order valence-electron chi connectivity index (χ1n) is 18.7. The highest BCUT2D eigenvalue weighted by Gasteiger charge is 2.26. The van der Waals surface area contributed by atoms with Gasteiger partial charge in [0.25, 0.3) is 0 Å². The zero-order valence-corrected chi connectivity index (χ0v) is 29.8. The van der Waals surface area contributed by atoms with Gasteiger partial charge < -0.3 is 13.7 Å². The van der Waals surface area contributed by atoms with Crippen LogP contribution in [0.15, 0.2) is 209 Å². The van der Waals surface area contributed by atoms with Crippen molar-refractivity contribution < 1.29 is 8.83 Å². The van der Waals surface area contributed by atoms with Crippen molar-refractivity contribution in [2.45, 2.75) is 0 Å². The van der Waals surface area contributed by atoms with Gasteiger partial charge in [-0.3, -0.25) is 0 Å². The van der Waals surface area contributed by atoms with Gasteiger partial charge in [0.1, 0.15) is 16.7 Å². The lowest BCUT2D eigenvalue weighted by molar-refractivity contribution is 0.669. The van der Waals surface area contributed by atoms with E-state index in [0.717, 1.165) is 94.3 Å². The van der Waals surface area contributed by atoms with Gasteiger partial charge in [0.15, 0.2) is 5.58 Å². The van der Waals surface area contributed by atoms with E-state index in [0.29, 0.717) is 0 Å². The van der Waals surface area contributed by atoms with E-state index in [4.69, 9.17) is 8.83 Å². The van der Waals surface area contributed by atoms with Crippen LogP contribution < -0.4 is 4.90 Å². The first-order valence-corrected chi connectivity index (χ1v) is 18.7. The molecule has 0 radical (unpaired) electrons. The minimum Gasteiger partial charge on any atom is -0.455 e. The van der Waals surface area contributed by atoms with Crippen molar-refractivity contribution in [3.63, 3.8) is 0 Å².